The second kappa shape index (κ2) is 6.68. The summed E-state index contributed by atoms with van der Waals surface area (Å²) in [5.74, 6) is -0.267. The van der Waals surface area contributed by atoms with Gasteiger partial charge in [0, 0.05) is 27.5 Å². The lowest BCUT2D eigenvalue weighted by molar-refractivity contribution is 0.0954. The van der Waals surface area contributed by atoms with E-state index < -0.39 is 0 Å². The van der Waals surface area contributed by atoms with E-state index >= 15 is 0 Å². The Bertz CT molecular complexity index is 1200. The van der Waals surface area contributed by atoms with Crippen molar-refractivity contribution in [1.29, 1.82) is 0 Å². The number of hydrazone groups is 1. The van der Waals surface area contributed by atoms with Crippen LogP contribution in [0.5, 0.6) is 0 Å². The number of aromatic nitrogens is 2. The number of aryl methyl sites for hydroxylation is 3. The van der Waals surface area contributed by atoms with Gasteiger partial charge in [-0.25, -0.2) is 5.43 Å². The minimum Gasteiger partial charge on any atom is -0.358 e. The summed E-state index contributed by atoms with van der Waals surface area (Å²) in [6.07, 6.45) is 1.68. The first kappa shape index (κ1) is 17.0. The minimum absolute atomic E-state index is 0.267. The van der Waals surface area contributed by atoms with Gasteiger partial charge in [0.15, 0.2) is 0 Å². The molecular weight excluding hydrogens is 336 g/mol. The number of pyridine rings is 1. The monoisotopic (exact) mass is 356 g/mol. The number of benzene rings is 2. The molecule has 0 spiro atoms. The maximum absolute atomic E-state index is 12.6. The zero-order chi connectivity index (χ0) is 19.0. The summed E-state index contributed by atoms with van der Waals surface area (Å²) in [4.78, 5) is 20.4. The molecule has 0 aliphatic rings. The SMILES string of the molecule is Cc1ccc2nc(C)c(C(=O)N/N=C\c3c(C)[nH]c4ccccc34)cc2c1. The van der Waals surface area contributed by atoms with Crippen LogP contribution in [-0.2, 0) is 0 Å². The van der Waals surface area contributed by atoms with Crippen molar-refractivity contribution in [3.05, 3.63) is 76.6 Å². The highest BCUT2D eigenvalue weighted by molar-refractivity contribution is 6.02. The molecule has 2 heterocycles. The smallest absolute Gasteiger partial charge is 0.273 e. The first-order chi connectivity index (χ1) is 13.0. The Kier molecular flexibility index (Phi) is 4.20. The molecule has 27 heavy (non-hydrogen) atoms. The number of carbonyl (C=O) groups excluding carboxylic acids is 1. The molecule has 134 valence electrons. The van der Waals surface area contributed by atoms with Crippen molar-refractivity contribution >= 4 is 33.9 Å². The molecule has 0 unspecified atom stereocenters. The molecule has 0 saturated carbocycles. The van der Waals surface area contributed by atoms with Crippen LogP contribution < -0.4 is 5.43 Å². The predicted molar refractivity (Wildman–Crippen MR) is 109 cm³/mol. The van der Waals surface area contributed by atoms with Gasteiger partial charge in [0.2, 0.25) is 0 Å². The van der Waals surface area contributed by atoms with Crippen molar-refractivity contribution in [2.45, 2.75) is 20.8 Å². The van der Waals surface area contributed by atoms with Gasteiger partial charge >= 0.3 is 0 Å². The van der Waals surface area contributed by atoms with Gasteiger partial charge in [0.05, 0.1) is 23.0 Å². The largest absolute Gasteiger partial charge is 0.358 e. The van der Waals surface area contributed by atoms with Gasteiger partial charge in [-0.3, -0.25) is 9.78 Å². The quantitative estimate of drug-likeness (QED) is 0.422. The maximum Gasteiger partial charge on any atom is 0.273 e. The van der Waals surface area contributed by atoms with Crippen molar-refractivity contribution in [3.63, 3.8) is 0 Å². The molecule has 5 heteroatoms. The number of H-pyrrole nitrogens is 1. The van der Waals surface area contributed by atoms with E-state index in [1.807, 2.05) is 69.3 Å². The normalized spacial score (nSPS) is 11.5. The molecule has 1 amide bonds. The summed E-state index contributed by atoms with van der Waals surface area (Å²) < 4.78 is 0. The van der Waals surface area contributed by atoms with Crippen molar-refractivity contribution in [2.24, 2.45) is 5.10 Å². The van der Waals surface area contributed by atoms with Crippen molar-refractivity contribution < 1.29 is 4.79 Å². The molecule has 4 aromatic rings. The van der Waals surface area contributed by atoms with Gasteiger partial charge in [-0.05, 0) is 45.0 Å². The Morgan fingerprint density at radius 3 is 2.78 bits per heavy atom. The van der Waals surface area contributed by atoms with Gasteiger partial charge in [-0.2, -0.15) is 5.10 Å². The number of fused-ring (bicyclic) bond motifs is 2. The van der Waals surface area contributed by atoms with Gasteiger partial charge in [-0.15, -0.1) is 0 Å². The van der Waals surface area contributed by atoms with Crippen LogP contribution in [0.25, 0.3) is 21.8 Å². The van der Waals surface area contributed by atoms with Gasteiger partial charge < -0.3 is 4.98 Å². The number of rotatable bonds is 3. The van der Waals surface area contributed by atoms with E-state index in [2.05, 4.69) is 20.5 Å². The Labute approximate surface area is 157 Å². The molecule has 4 rings (SSSR count). The molecular formula is C22H20N4O. The van der Waals surface area contributed by atoms with Crippen LogP contribution in [0.2, 0.25) is 0 Å². The average Bonchev–Trinajstić information content (AvgIpc) is 2.97. The average molecular weight is 356 g/mol. The van der Waals surface area contributed by atoms with Gasteiger partial charge in [-0.1, -0.05) is 29.8 Å². The van der Waals surface area contributed by atoms with E-state index in [-0.39, 0.29) is 5.91 Å². The maximum atomic E-state index is 12.6. The van der Waals surface area contributed by atoms with E-state index in [0.29, 0.717) is 11.3 Å². The minimum atomic E-state index is -0.267. The van der Waals surface area contributed by atoms with E-state index in [9.17, 15) is 4.79 Å². The first-order valence-electron chi connectivity index (χ1n) is 8.81. The lowest BCUT2D eigenvalue weighted by Crippen LogP contribution is -2.19. The molecule has 2 aromatic carbocycles. The fourth-order valence-corrected chi connectivity index (χ4v) is 3.30. The van der Waals surface area contributed by atoms with Crippen molar-refractivity contribution in [2.75, 3.05) is 0 Å². The first-order valence-corrected chi connectivity index (χ1v) is 8.81. The highest BCUT2D eigenvalue weighted by Gasteiger charge is 2.11. The van der Waals surface area contributed by atoms with Gasteiger partial charge in [0.1, 0.15) is 0 Å². The highest BCUT2D eigenvalue weighted by Crippen LogP contribution is 2.20. The second-order valence-corrected chi connectivity index (χ2v) is 6.73. The summed E-state index contributed by atoms with van der Waals surface area (Å²) in [5.41, 5.74) is 8.87. The molecule has 0 aliphatic heterocycles. The molecule has 0 bridgehead atoms. The third-order valence-electron chi connectivity index (χ3n) is 4.71. The molecule has 0 aliphatic carbocycles. The third-order valence-corrected chi connectivity index (χ3v) is 4.71. The molecule has 0 fully saturated rings. The number of hydrogen-bond acceptors (Lipinski definition) is 3. The number of aromatic amines is 1. The van der Waals surface area contributed by atoms with Crippen LogP contribution >= 0.6 is 0 Å². The van der Waals surface area contributed by atoms with Crippen LogP contribution in [-0.4, -0.2) is 22.1 Å². The highest BCUT2D eigenvalue weighted by atomic mass is 16.2. The Morgan fingerprint density at radius 1 is 1.11 bits per heavy atom. The number of nitrogens with zero attached hydrogens (tertiary/aromatic N) is 2. The van der Waals surface area contributed by atoms with Gasteiger partial charge in [0.25, 0.3) is 5.91 Å². The Morgan fingerprint density at radius 2 is 1.93 bits per heavy atom. The number of amides is 1. The zero-order valence-corrected chi connectivity index (χ0v) is 15.5. The van der Waals surface area contributed by atoms with E-state index in [0.717, 1.165) is 38.6 Å². The van der Waals surface area contributed by atoms with Crippen molar-refractivity contribution in [1.82, 2.24) is 15.4 Å². The molecule has 5 nitrogen and oxygen atoms in total. The molecule has 0 radical (unpaired) electrons. The van der Waals surface area contributed by atoms with Crippen LogP contribution in [0.15, 0.2) is 53.6 Å². The third kappa shape index (κ3) is 3.19. The van der Waals surface area contributed by atoms with E-state index in [4.69, 9.17) is 0 Å². The summed E-state index contributed by atoms with van der Waals surface area (Å²) in [5, 5.41) is 6.19. The fraction of sp³-hybridized carbons (Fsp3) is 0.136. The number of para-hydroxylation sites is 1. The Hall–Kier alpha value is -3.47. The number of carbonyl (C=O) groups is 1. The van der Waals surface area contributed by atoms with Crippen LogP contribution in [0, 0.1) is 20.8 Å². The fourth-order valence-electron chi connectivity index (χ4n) is 3.30. The lowest BCUT2D eigenvalue weighted by Gasteiger charge is -2.07. The molecule has 0 saturated heterocycles. The van der Waals surface area contributed by atoms with Crippen LogP contribution in [0.1, 0.15) is 32.9 Å². The predicted octanol–water partition coefficient (Wildman–Crippen LogP) is 4.41. The molecule has 2 N–H and O–H groups in total. The van der Waals surface area contributed by atoms with Crippen LogP contribution in [0.3, 0.4) is 0 Å². The number of hydrogen-bond donors (Lipinski definition) is 2. The Balaban J connectivity index is 1.60. The number of nitrogens with one attached hydrogen (secondary N) is 2. The van der Waals surface area contributed by atoms with Crippen LogP contribution in [0.4, 0.5) is 0 Å². The molecule has 2 aromatic heterocycles. The summed E-state index contributed by atoms with van der Waals surface area (Å²) in [6.45, 7) is 5.84. The standard InChI is InChI=1S/C22H20N4O/c1-13-8-9-20-16(10-13)11-18(14(2)24-20)22(27)26-23-12-19-15(3)25-21-7-5-4-6-17(19)21/h4-12,25H,1-3H3,(H,26,27)/b23-12-. The molecule has 0 atom stereocenters. The van der Waals surface area contributed by atoms with E-state index in [1.165, 1.54) is 0 Å². The van der Waals surface area contributed by atoms with Crippen molar-refractivity contribution in [3.8, 4) is 0 Å². The summed E-state index contributed by atoms with van der Waals surface area (Å²) in [6, 6.07) is 15.9. The summed E-state index contributed by atoms with van der Waals surface area (Å²) >= 11 is 0. The van der Waals surface area contributed by atoms with E-state index in [1.54, 1.807) is 6.21 Å². The zero-order valence-electron chi connectivity index (χ0n) is 15.5. The second-order valence-electron chi connectivity index (χ2n) is 6.73. The topological polar surface area (TPSA) is 70.1 Å². The lowest BCUT2D eigenvalue weighted by atomic mass is 10.1. The summed E-state index contributed by atoms with van der Waals surface area (Å²) in [7, 11) is 0.